The van der Waals surface area contributed by atoms with Gasteiger partial charge in [-0.3, -0.25) is 0 Å². The fraction of sp³-hybridized carbons (Fsp3) is 0.467. The molecular weight excluding hydrogens is 238 g/mol. The summed E-state index contributed by atoms with van der Waals surface area (Å²) in [5.41, 5.74) is 1.31. The van der Waals surface area contributed by atoms with Crippen LogP contribution in [0.4, 0.5) is 0 Å². The van der Waals surface area contributed by atoms with Crippen molar-refractivity contribution in [2.75, 3.05) is 13.1 Å². The molecule has 1 fully saturated rings. The van der Waals surface area contributed by atoms with Crippen LogP contribution in [0.1, 0.15) is 36.0 Å². The molecule has 2 aromatic rings. The van der Waals surface area contributed by atoms with Crippen LogP contribution in [0.15, 0.2) is 34.9 Å². The van der Waals surface area contributed by atoms with Crippen LogP contribution in [0.5, 0.6) is 0 Å². The van der Waals surface area contributed by atoms with Crippen molar-refractivity contribution in [2.45, 2.75) is 31.6 Å². The molecule has 1 unspecified atom stereocenters. The molecule has 1 saturated heterocycles. The lowest BCUT2D eigenvalue weighted by molar-refractivity contribution is 0.320. The van der Waals surface area contributed by atoms with E-state index < -0.39 is 0 Å². The van der Waals surface area contributed by atoms with Crippen molar-refractivity contribution in [1.29, 1.82) is 0 Å². The highest BCUT2D eigenvalue weighted by molar-refractivity contribution is 5.15. The Morgan fingerprint density at radius 3 is 2.89 bits per heavy atom. The van der Waals surface area contributed by atoms with Gasteiger partial charge in [0.25, 0.3) is 0 Å². The van der Waals surface area contributed by atoms with E-state index in [4.69, 9.17) is 4.52 Å². The monoisotopic (exact) mass is 257 g/mol. The Hall–Kier alpha value is -1.68. The molecule has 1 aliphatic rings. The zero-order chi connectivity index (χ0) is 12.9. The molecule has 3 rings (SSSR count). The fourth-order valence-electron chi connectivity index (χ4n) is 2.50. The standard InChI is InChI=1S/C15H19N3O/c1-2-5-12(6-3-1)8-9-14-17-15(19-18-14)13-7-4-10-16-11-13/h1-3,5-6,13,16H,4,7-11H2. The number of hydrogen-bond donors (Lipinski definition) is 1. The lowest BCUT2D eigenvalue weighted by Crippen LogP contribution is -2.28. The van der Waals surface area contributed by atoms with Gasteiger partial charge in [0, 0.05) is 13.0 Å². The van der Waals surface area contributed by atoms with Crippen LogP contribution >= 0.6 is 0 Å². The van der Waals surface area contributed by atoms with E-state index in [0.29, 0.717) is 5.92 Å². The van der Waals surface area contributed by atoms with Gasteiger partial charge in [0.2, 0.25) is 5.89 Å². The first kappa shape index (κ1) is 12.4. The zero-order valence-corrected chi connectivity index (χ0v) is 11.0. The summed E-state index contributed by atoms with van der Waals surface area (Å²) in [5, 5.41) is 7.47. The molecule has 100 valence electrons. The molecule has 1 N–H and O–H groups in total. The first-order valence-electron chi connectivity index (χ1n) is 6.99. The SMILES string of the molecule is c1ccc(CCc2noc(C3CCCNC3)n2)cc1. The first-order valence-corrected chi connectivity index (χ1v) is 6.99. The molecule has 0 amide bonds. The van der Waals surface area contributed by atoms with Gasteiger partial charge in [-0.2, -0.15) is 4.98 Å². The van der Waals surface area contributed by atoms with Crippen LogP contribution in [-0.4, -0.2) is 23.2 Å². The molecule has 1 aromatic heterocycles. The Morgan fingerprint density at radius 2 is 2.11 bits per heavy atom. The van der Waals surface area contributed by atoms with Gasteiger partial charge in [-0.1, -0.05) is 35.5 Å². The normalized spacial score (nSPS) is 19.5. The molecule has 0 saturated carbocycles. The Labute approximate surface area is 113 Å². The fourth-order valence-corrected chi connectivity index (χ4v) is 2.50. The maximum Gasteiger partial charge on any atom is 0.231 e. The number of piperidine rings is 1. The molecule has 4 nitrogen and oxygen atoms in total. The summed E-state index contributed by atoms with van der Waals surface area (Å²) in [7, 11) is 0. The lowest BCUT2D eigenvalue weighted by Gasteiger charge is -2.18. The second kappa shape index (κ2) is 5.97. The third-order valence-corrected chi connectivity index (χ3v) is 3.61. The third-order valence-electron chi connectivity index (χ3n) is 3.61. The van der Waals surface area contributed by atoms with E-state index in [2.05, 4.69) is 39.7 Å². The van der Waals surface area contributed by atoms with Crippen molar-refractivity contribution >= 4 is 0 Å². The summed E-state index contributed by atoms with van der Waals surface area (Å²) >= 11 is 0. The van der Waals surface area contributed by atoms with Crippen LogP contribution in [-0.2, 0) is 12.8 Å². The topological polar surface area (TPSA) is 51.0 Å². The Kier molecular flexibility index (Phi) is 3.89. The summed E-state index contributed by atoms with van der Waals surface area (Å²) < 4.78 is 5.39. The number of hydrogen-bond acceptors (Lipinski definition) is 4. The highest BCUT2D eigenvalue weighted by Crippen LogP contribution is 2.21. The Bertz CT molecular complexity index is 503. The predicted molar refractivity (Wildman–Crippen MR) is 73.0 cm³/mol. The second-order valence-electron chi connectivity index (χ2n) is 5.08. The highest BCUT2D eigenvalue weighted by atomic mass is 16.5. The zero-order valence-electron chi connectivity index (χ0n) is 11.0. The van der Waals surface area contributed by atoms with Crippen LogP contribution in [0.3, 0.4) is 0 Å². The summed E-state index contributed by atoms with van der Waals surface area (Å²) in [6.07, 6.45) is 4.14. The summed E-state index contributed by atoms with van der Waals surface area (Å²) in [6.45, 7) is 2.06. The largest absolute Gasteiger partial charge is 0.339 e. The number of rotatable bonds is 4. The molecule has 4 heteroatoms. The van der Waals surface area contributed by atoms with Gasteiger partial charge in [-0.05, 0) is 31.4 Å². The van der Waals surface area contributed by atoms with E-state index in [1.165, 1.54) is 12.0 Å². The molecule has 2 heterocycles. The van der Waals surface area contributed by atoms with Crippen molar-refractivity contribution < 1.29 is 4.52 Å². The van der Waals surface area contributed by atoms with E-state index in [1.807, 2.05) is 6.07 Å². The van der Waals surface area contributed by atoms with Gasteiger partial charge in [-0.15, -0.1) is 0 Å². The van der Waals surface area contributed by atoms with Gasteiger partial charge >= 0.3 is 0 Å². The van der Waals surface area contributed by atoms with Crippen LogP contribution in [0.25, 0.3) is 0 Å². The van der Waals surface area contributed by atoms with Gasteiger partial charge < -0.3 is 9.84 Å². The van der Waals surface area contributed by atoms with Crippen molar-refractivity contribution in [1.82, 2.24) is 15.5 Å². The van der Waals surface area contributed by atoms with E-state index in [9.17, 15) is 0 Å². The summed E-state index contributed by atoms with van der Waals surface area (Å²) in [5.74, 6) is 2.02. The molecule has 1 aliphatic heterocycles. The average Bonchev–Trinajstić information content (AvgIpc) is 2.96. The highest BCUT2D eigenvalue weighted by Gasteiger charge is 2.21. The molecule has 0 aliphatic carbocycles. The van der Waals surface area contributed by atoms with Gasteiger partial charge in [0.05, 0.1) is 5.92 Å². The number of aryl methyl sites for hydroxylation is 2. The van der Waals surface area contributed by atoms with Gasteiger partial charge in [-0.25, -0.2) is 0 Å². The van der Waals surface area contributed by atoms with Crippen molar-refractivity contribution in [3.05, 3.63) is 47.6 Å². The number of nitrogens with one attached hydrogen (secondary N) is 1. The minimum Gasteiger partial charge on any atom is -0.339 e. The quantitative estimate of drug-likeness (QED) is 0.913. The molecule has 19 heavy (non-hydrogen) atoms. The van der Waals surface area contributed by atoms with Crippen LogP contribution in [0.2, 0.25) is 0 Å². The third kappa shape index (κ3) is 3.20. The van der Waals surface area contributed by atoms with Gasteiger partial charge in [0.1, 0.15) is 0 Å². The molecule has 1 atom stereocenters. The molecule has 0 radical (unpaired) electrons. The molecule has 0 spiro atoms. The van der Waals surface area contributed by atoms with Crippen molar-refractivity contribution in [3.8, 4) is 0 Å². The number of aromatic nitrogens is 2. The minimum atomic E-state index is 0.395. The van der Waals surface area contributed by atoms with Crippen LogP contribution < -0.4 is 5.32 Å². The van der Waals surface area contributed by atoms with E-state index >= 15 is 0 Å². The van der Waals surface area contributed by atoms with E-state index in [-0.39, 0.29) is 0 Å². The van der Waals surface area contributed by atoms with Crippen molar-refractivity contribution in [3.63, 3.8) is 0 Å². The van der Waals surface area contributed by atoms with E-state index in [0.717, 1.165) is 44.1 Å². The van der Waals surface area contributed by atoms with Gasteiger partial charge in [0.15, 0.2) is 5.82 Å². The first-order chi connectivity index (χ1) is 9.42. The Balaban J connectivity index is 1.58. The van der Waals surface area contributed by atoms with Crippen molar-refractivity contribution in [2.24, 2.45) is 0 Å². The maximum absolute atomic E-state index is 5.39. The maximum atomic E-state index is 5.39. The second-order valence-corrected chi connectivity index (χ2v) is 5.08. The summed E-state index contributed by atoms with van der Waals surface area (Å²) in [6, 6.07) is 10.4. The number of nitrogens with zero attached hydrogens (tertiary/aromatic N) is 2. The van der Waals surface area contributed by atoms with Crippen LogP contribution in [0, 0.1) is 0 Å². The summed E-state index contributed by atoms with van der Waals surface area (Å²) in [4.78, 5) is 4.53. The number of benzene rings is 1. The molecule has 0 bridgehead atoms. The molecule has 1 aromatic carbocycles. The predicted octanol–water partition coefficient (Wildman–Crippen LogP) is 2.32. The Morgan fingerprint density at radius 1 is 1.21 bits per heavy atom. The lowest BCUT2D eigenvalue weighted by atomic mass is 10.00. The minimum absolute atomic E-state index is 0.395. The smallest absolute Gasteiger partial charge is 0.231 e. The average molecular weight is 257 g/mol. The van der Waals surface area contributed by atoms with E-state index in [1.54, 1.807) is 0 Å². The molecular formula is C15H19N3O.